The van der Waals surface area contributed by atoms with E-state index in [4.69, 9.17) is 4.74 Å². The summed E-state index contributed by atoms with van der Waals surface area (Å²) in [5, 5.41) is 0.451. The molecule has 0 bridgehead atoms. The van der Waals surface area contributed by atoms with Crippen LogP contribution < -0.4 is 4.90 Å². The van der Waals surface area contributed by atoms with Crippen LogP contribution in [0.5, 0.6) is 0 Å². The van der Waals surface area contributed by atoms with Crippen LogP contribution in [0.15, 0.2) is 47.4 Å². The largest absolute Gasteiger partial charge is 0.376 e. The minimum absolute atomic E-state index is 0.114. The Hall–Kier alpha value is -2.40. The van der Waals surface area contributed by atoms with Crippen LogP contribution in [0.4, 0.5) is 9.52 Å². The Morgan fingerprint density at radius 2 is 1.97 bits per heavy atom. The van der Waals surface area contributed by atoms with Crippen molar-refractivity contribution >= 4 is 42.6 Å². The Labute approximate surface area is 196 Å². The third kappa shape index (κ3) is 4.93. The van der Waals surface area contributed by atoms with Gasteiger partial charge >= 0.3 is 0 Å². The lowest BCUT2D eigenvalue weighted by molar-refractivity contribution is 0.0917. The zero-order chi connectivity index (χ0) is 23.8. The lowest BCUT2D eigenvalue weighted by Crippen LogP contribution is -2.37. The van der Waals surface area contributed by atoms with E-state index < -0.39 is 10.0 Å². The van der Waals surface area contributed by atoms with Gasteiger partial charge in [-0.2, -0.15) is 4.31 Å². The minimum Gasteiger partial charge on any atom is -0.376 e. The molecule has 0 N–H and O–H groups in total. The first-order chi connectivity index (χ1) is 15.7. The second-order valence-electron chi connectivity index (χ2n) is 8.30. The number of sulfonamides is 1. The summed E-state index contributed by atoms with van der Waals surface area (Å²) in [7, 11) is -2.12. The molecule has 0 spiro atoms. The molecule has 1 fully saturated rings. The highest BCUT2D eigenvalue weighted by Crippen LogP contribution is 2.31. The molecule has 4 rings (SSSR count). The molecule has 1 aliphatic heterocycles. The second-order valence-corrected chi connectivity index (χ2v) is 11.3. The van der Waals surface area contributed by atoms with Crippen molar-refractivity contribution in [3.05, 3.63) is 53.8 Å². The standard InChI is InChI=1S/C23H26FN3O4S2/c1-15(2)26(3)33(29,30)19-9-6-16(7-10-19)22(28)27(14-18-5-4-12-31-18)23-25-20-11-8-17(24)13-21(20)32-23/h6-11,13,15,18H,4-5,12,14H2,1-3H3. The van der Waals surface area contributed by atoms with E-state index in [2.05, 4.69) is 4.98 Å². The van der Waals surface area contributed by atoms with E-state index in [-0.39, 0.29) is 28.8 Å². The van der Waals surface area contributed by atoms with Gasteiger partial charge in [0.2, 0.25) is 10.0 Å². The van der Waals surface area contributed by atoms with Gasteiger partial charge in [0.15, 0.2) is 5.13 Å². The number of rotatable bonds is 7. The van der Waals surface area contributed by atoms with Crippen molar-refractivity contribution in [3.8, 4) is 0 Å². The average Bonchev–Trinajstić information content (AvgIpc) is 3.45. The van der Waals surface area contributed by atoms with E-state index in [1.54, 1.807) is 24.8 Å². The first-order valence-electron chi connectivity index (χ1n) is 10.7. The zero-order valence-corrected chi connectivity index (χ0v) is 20.3. The quantitative estimate of drug-likeness (QED) is 0.493. The van der Waals surface area contributed by atoms with Crippen LogP contribution in [0, 0.1) is 5.82 Å². The smallest absolute Gasteiger partial charge is 0.260 e. The van der Waals surface area contributed by atoms with Crippen LogP contribution in [0.3, 0.4) is 0 Å². The molecule has 176 valence electrons. The fraction of sp³-hybridized carbons (Fsp3) is 0.391. The first-order valence-corrected chi connectivity index (χ1v) is 13.0. The van der Waals surface area contributed by atoms with Gasteiger partial charge in [-0.25, -0.2) is 17.8 Å². The maximum Gasteiger partial charge on any atom is 0.260 e. The second kappa shape index (κ2) is 9.46. The number of carbonyl (C=O) groups is 1. The molecule has 1 atom stereocenters. The summed E-state index contributed by atoms with van der Waals surface area (Å²) in [6, 6.07) is 10.0. The number of amides is 1. The molecule has 1 unspecified atom stereocenters. The highest BCUT2D eigenvalue weighted by molar-refractivity contribution is 7.89. The molecule has 7 nitrogen and oxygen atoms in total. The van der Waals surface area contributed by atoms with Crippen LogP contribution in [-0.4, -0.2) is 56.0 Å². The molecular weight excluding hydrogens is 465 g/mol. The van der Waals surface area contributed by atoms with Crippen molar-refractivity contribution in [1.82, 2.24) is 9.29 Å². The third-order valence-electron chi connectivity index (χ3n) is 5.73. The Balaban J connectivity index is 1.66. The predicted molar refractivity (Wildman–Crippen MR) is 127 cm³/mol. The highest BCUT2D eigenvalue weighted by atomic mass is 32.2. The molecule has 2 aromatic carbocycles. The summed E-state index contributed by atoms with van der Waals surface area (Å²) >= 11 is 1.24. The van der Waals surface area contributed by atoms with E-state index >= 15 is 0 Å². The van der Waals surface area contributed by atoms with Gasteiger partial charge in [0.05, 0.1) is 27.8 Å². The Morgan fingerprint density at radius 1 is 1.24 bits per heavy atom. The van der Waals surface area contributed by atoms with E-state index in [1.165, 1.54) is 59.1 Å². The van der Waals surface area contributed by atoms with E-state index in [9.17, 15) is 17.6 Å². The zero-order valence-electron chi connectivity index (χ0n) is 18.7. The maximum atomic E-state index is 13.7. The molecule has 1 saturated heterocycles. The Bertz CT molecular complexity index is 1250. The lowest BCUT2D eigenvalue weighted by Gasteiger charge is -2.23. The van der Waals surface area contributed by atoms with Gasteiger partial charge in [-0.3, -0.25) is 9.69 Å². The van der Waals surface area contributed by atoms with Crippen LogP contribution in [-0.2, 0) is 14.8 Å². The van der Waals surface area contributed by atoms with Crippen LogP contribution in [0.25, 0.3) is 10.2 Å². The topological polar surface area (TPSA) is 79.8 Å². The number of aromatic nitrogens is 1. The summed E-state index contributed by atoms with van der Waals surface area (Å²) < 4.78 is 46.8. The number of halogens is 1. The molecular formula is C23H26FN3O4S2. The summed E-state index contributed by atoms with van der Waals surface area (Å²) in [4.78, 5) is 19.7. The van der Waals surface area contributed by atoms with Gasteiger partial charge in [-0.1, -0.05) is 11.3 Å². The number of hydrogen-bond donors (Lipinski definition) is 0. The summed E-state index contributed by atoms with van der Waals surface area (Å²) in [5.41, 5.74) is 0.948. The lowest BCUT2D eigenvalue weighted by atomic mass is 10.2. The van der Waals surface area contributed by atoms with Gasteiger partial charge < -0.3 is 4.74 Å². The monoisotopic (exact) mass is 491 g/mol. The van der Waals surface area contributed by atoms with E-state index in [0.29, 0.717) is 34.1 Å². The number of carbonyl (C=O) groups excluding carboxylic acids is 1. The number of anilines is 1. The van der Waals surface area contributed by atoms with Crippen molar-refractivity contribution in [3.63, 3.8) is 0 Å². The molecule has 1 aromatic heterocycles. The van der Waals surface area contributed by atoms with Crippen LogP contribution >= 0.6 is 11.3 Å². The summed E-state index contributed by atoms with van der Waals surface area (Å²) in [6.45, 7) is 4.55. The number of thiazole rings is 1. The molecule has 33 heavy (non-hydrogen) atoms. The highest BCUT2D eigenvalue weighted by Gasteiger charge is 2.28. The molecule has 0 saturated carbocycles. The maximum absolute atomic E-state index is 13.7. The average molecular weight is 492 g/mol. The number of ether oxygens (including phenoxy) is 1. The Morgan fingerprint density at radius 3 is 2.61 bits per heavy atom. The van der Waals surface area contributed by atoms with Crippen LogP contribution in [0.2, 0.25) is 0 Å². The molecule has 2 heterocycles. The van der Waals surface area contributed by atoms with Crippen molar-refractivity contribution in [1.29, 1.82) is 0 Å². The summed E-state index contributed by atoms with van der Waals surface area (Å²) in [6.07, 6.45) is 1.65. The molecule has 3 aromatic rings. The van der Waals surface area contributed by atoms with Gasteiger partial charge in [-0.05, 0) is 69.2 Å². The van der Waals surface area contributed by atoms with Crippen molar-refractivity contribution < 1.29 is 22.3 Å². The normalized spacial score (nSPS) is 16.7. The van der Waals surface area contributed by atoms with Crippen molar-refractivity contribution in [2.75, 3.05) is 25.1 Å². The minimum atomic E-state index is -3.65. The fourth-order valence-corrected chi connectivity index (χ4v) is 5.98. The predicted octanol–water partition coefficient (Wildman–Crippen LogP) is 4.29. The van der Waals surface area contributed by atoms with Crippen molar-refractivity contribution in [2.24, 2.45) is 0 Å². The fourth-order valence-electron chi connectivity index (χ4n) is 3.61. The molecule has 10 heteroatoms. The SMILES string of the molecule is CC(C)N(C)S(=O)(=O)c1ccc(C(=O)N(CC2CCCO2)c2nc3ccc(F)cc3s2)cc1. The number of hydrogen-bond acceptors (Lipinski definition) is 6. The van der Waals surface area contributed by atoms with Gasteiger partial charge in [0, 0.05) is 25.3 Å². The number of benzene rings is 2. The van der Waals surface area contributed by atoms with Gasteiger partial charge in [0.25, 0.3) is 5.91 Å². The van der Waals surface area contributed by atoms with Crippen molar-refractivity contribution in [2.45, 2.75) is 43.7 Å². The molecule has 1 aliphatic rings. The van der Waals surface area contributed by atoms with E-state index in [0.717, 1.165) is 12.8 Å². The Kier molecular flexibility index (Phi) is 6.81. The van der Waals surface area contributed by atoms with Crippen LogP contribution in [0.1, 0.15) is 37.0 Å². The first kappa shape index (κ1) is 23.7. The molecule has 0 radical (unpaired) electrons. The third-order valence-corrected chi connectivity index (χ3v) is 8.82. The van der Waals surface area contributed by atoms with Gasteiger partial charge in [0.1, 0.15) is 5.82 Å². The molecule has 1 amide bonds. The number of fused-ring (bicyclic) bond motifs is 1. The van der Waals surface area contributed by atoms with Gasteiger partial charge in [-0.15, -0.1) is 0 Å². The van der Waals surface area contributed by atoms with E-state index in [1.807, 2.05) is 0 Å². The summed E-state index contributed by atoms with van der Waals surface area (Å²) in [5.74, 6) is -0.677. The number of nitrogens with zero attached hydrogens (tertiary/aromatic N) is 3. The molecule has 0 aliphatic carbocycles.